The number of aromatic nitrogens is 2. The highest BCUT2D eigenvalue weighted by atomic mass is 16.2. The Morgan fingerprint density at radius 3 is 2.76 bits per heavy atom. The molecular formula is C16H24N4O. The quantitative estimate of drug-likeness (QED) is 0.904. The maximum absolute atomic E-state index is 12.4. The highest BCUT2D eigenvalue weighted by Crippen LogP contribution is 2.48. The van der Waals surface area contributed by atoms with Crippen LogP contribution in [0.25, 0.3) is 0 Å². The number of carbonyl (C=O) groups excluding carboxylic acids is 1. The number of hydrogen-bond donors (Lipinski definition) is 1. The zero-order chi connectivity index (χ0) is 14.8. The number of fused-ring (bicyclic) bond motifs is 2. The summed E-state index contributed by atoms with van der Waals surface area (Å²) in [6.07, 6.45) is 8.63. The molecule has 3 unspecified atom stereocenters. The molecule has 1 amide bonds. The molecule has 1 heterocycles. The topological polar surface area (TPSA) is 58.1 Å². The van der Waals surface area contributed by atoms with Crippen molar-refractivity contribution < 1.29 is 4.79 Å². The molecule has 2 fully saturated rings. The van der Waals surface area contributed by atoms with E-state index in [1.54, 1.807) is 12.4 Å². The molecule has 3 rings (SSSR count). The molecule has 1 N–H and O–H groups in total. The molecule has 2 saturated carbocycles. The lowest BCUT2D eigenvalue weighted by Gasteiger charge is -2.27. The van der Waals surface area contributed by atoms with Crippen molar-refractivity contribution in [2.75, 3.05) is 25.5 Å². The van der Waals surface area contributed by atoms with Gasteiger partial charge in [0.2, 0.25) is 0 Å². The van der Waals surface area contributed by atoms with Crippen molar-refractivity contribution in [3.05, 3.63) is 18.1 Å². The van der Waals surface area contributed by atoms with Crippen molar-refractivity contribution in [1.29, 1.82) is 0 Å². The fourth-order valence-corrected chi connectivity index (χ4v) is 3.94. The molecule has 1 aromatic rings. The van der Waals surface area contributed by atoms with Gasteiger partial charge >= 0.3 is 0 Å². The summed E-state index contributed by atoms with van der Waals surface area (Å²) in [6.45, 7) is 3.66. The van der Waals surface area contributed by atoms with E-state index in [2.05, 4.69) is 15.3 Å². The molecule has 0 spiro atoms. The first-order valence-corrected chi connectivity index (χ1v) is 7.98. The maximum atomic E-state index is 12.4. The van der Waals surface area contributed by atoms with E-state index in [0.717, 1.165) is 24.9 Å². The summed E-state index contributed by atoms with van der Waals surface area (Å²) in [5, 5.41) is 3.08. The van der Waals surface area contributed by atoms with E-state index in [9.17, 15) is 4.79 Å². The lowest BCUT2D eigenvalue weighted by molar-refractivity contribution is 0.0748. The fourth-order valence-electron chi connectivity index (χ4n) is 3.94. The Balaban J connectivity index is 1.59. The molecule has 2 aliphatic carbocycles. The Morgan fingerprint density at radius 1 is 1.33 bits per heavy atom. The van der Waals surface area contributed by atoms with E-state index in [1.807, 2.05) is 18.9 Å². The van der Waals surface area contributed by atoms with Crippen LogP contribution < -0.4 is 5.32 Å². The number of carbonyl (C=O) groups is 1. The van der Waals surface area contributed by atoms with Gasteiger partial charge in [0.15, 0.2) is 0 Å². The van der Waals surface area contributed by atoms with Crippen LogP contribution in [0.1, 0.15) is 43.1 Å². The van der Waals surface area contributed by atoms with Crippen molar-refractivity contribution in [3.63, 3.8) is 0 Å². The van der Waals surface area contributed by atoms with Crippen LogP contribution in [0.15, 0.2) is 12.4 Å². The minimum atomic E-state index is -0.0201. The van der Waals surface area contributed by atoms with E-state index in [0.29, 0.717) is 17.4 Å². The SMILES string of the molecule is CCNc1cnc(C(=O)N(C)CC2CC3CCC2C3)cn1. The molecule has 5 nitrogen and oxygen atoms in total. The van der Waals surface area contributed by atoms with Crippen molar-refractivity contribution in [1.82, 2.24) is 14.9 Å². The average molecular weight is 288 g/mol. The fraction of sp³-hybridized carbons (Fsp3) is 0.688. The molecule has 0 aromatic carbocycles. The summed E-state index contributed by atoms with van der Waals surface area (Å²) in [5.41, 5.74) is 0.433. The van der Waals surface area contributed by atoms with Gasteiger partial charge in [0.25, 0.3) is 5.91 Å². The Morgan fingerprint density at radius 2 is 2.19 bits per heavy atom. The molecule has 1 aromatic heterocycles. The van der Waals surface area contributed by atoms with Crippen LogP contribution in [0, 0.1) is 17.8 Å². The predicted octanol–water partition coefficient (Wildman–Crippen LogP) is 2.42. The largest absolute Gasteiger partial charge is 0.369 e. The van der Waals surface area contributed by atoms with Crippen LogP contribution in [0.4, 0.5) is 5.82 Å². The lowest BCUT2D eigenvalue weighted by atomic mass is 9.88. The second kappa shape index (κ2) is 6.00. The minimum Gasteiger partial charge on any atom is -0.369 e. The zero-order valence-electron chi connectivity index (χ0n) is 12.9. The molecule has 3 atom stereocenters. The Hall–Kier alpha value is -1.65. The average Bonchev–Trinajstić information content (AvgIpc) is 3.10. The van der Waals surface area contributed by atoms with Crippen LogP contribution in [-0.4, -0.2) is 40.9 Å². The third-order valence-electron chi connectivity index (χ3n) is 4.97. The highest BCUT2D eigenvalue weighted by Gasteiger charge is 2.40. The number of rotatable bonds is 5. The summed E-state index contributed by atoms with van der Waals surface area (Å²) >= 11 is 0. The Labute approximate surface area is 126 Å². The summed E-state index contributed by atoms with van der Waals surface area (Å²) in [5.74, 6) is 3.14. The van der Waals surface area contributed by atoms with Gasteiger partial charge in [-0.25, -0.2) is 9.97 Å². The van der Waals surface area contributed by atoms with Crippen molar-refractivity contribution in [3.8, 4) is 0 Å². The molecule has 0 aliphatic heterocycles. The van der Waals surface area contributed by atoms with E-state index in [4.69, 9.17) is 0 Å². The molecule has 114 valence electrons. The van der Waals surface area contributed by atoms with Gasteiger partial charge in [-0.3, -0.25) is 4.79 Å². The van der Waals surface area contributed by atoms with Crippen LogP contribution in [0.5, 0.6) is 0 Å². The van der Waals surface area contributed by atoms with Gasteiger partial charge in [-0.05, 0) is 43.9 Å². The monoisotopic (exact) mass is 288 g/mol. The molecule has 2 bridgehead atoms. The van der Waals surface area contributed by atoms with Crippen molar-refractivity contribution >= 4 is 11.7 Å². The molecular weight excluding hydrogens is 264 g/mol. The van der Waals surface area contributed by atoms with Crippen LogP contribution in [0.2, 0.25) is 0 Å². The molecule has 0 saturated heterocycles. The normalized spacial score (nSPS) is 26.9. The van der Waals surface area contributed by atoms with Crippen LogP contribution >= 0.6 is 0 Å². The van der Waals surface area contributed by atoms with E-state index in [1.165, 1.54) is 25.7 Å². The highest BCUT2D eigenvalue weighted by molar-refractivity contribution is 5.91. The Bertz CT molecular complexity index is 502. The molecule has 0 radical (unpaired) electrons. The van der Waals surface area contributed by atoms with Gasteiger partial charge in [0.05, 0.1) is 12.4 Å². The van der Waals surface area contributed by atoms with Crippen LogP contribution in [-0.2, 0) is 0 Å². The Kier molecular flexibility index (Phi) is 4.08. The summed E-state index contributed by atoms with van der Waals surface area (Å²) in [7, 11) is 1.88. The smallest absolute Gasteiger partial charge is 0.273 e. The third-order valence-corrected chi connectivity index (χ3v) is 4.97. The minimum absolute atomic E-state index is 0.0201. The summed E-state index contributed by atoms with van der Waals surface area (Å²) < 4.78 is 0. The molecule has 21 heavy (non-hydrogen) atoms. The lowest BCUT2D eigenvalue weighted by Crippen LogP contribution is -2.34. The first kappa shape index (κ1) is 14.3. The predicted molar refractivity (Wildman–Crippen MR) is 82.1 cm³/mol. The number of nitrogens with zero attached hydrogens (tertiary/aromatic N) is 3. The number of hydrogen-bond acceptors (Lipinski definition) is 4. The summed E-state index contributed by atoms with van der Waals surface area (Å²) in [6, 6.07) is 0. The van der Waals surface area contributed by atoms with E-state index >= 15 is 0 Å². The number of amides is 1. The number of anilines is 1. The molecule has 5 heteroatoms. The summed E-state index contributed by atoms with van der Waals surface area (Å²) in [4.78, 5) is 22.7. The van der Waals surface area contributed by atoms with Crippen molar-refractivity contribution in [2.24, 2.45) is 17.8 Å². The van der Waals surface area contributed by atoms with Crippen LogP contribution in [0.3, 0.4) is 0 Å². The first-order chi connectivity index (χ1) is 10.2. The second-order valence-electron chi connectivity index (χ2n) is 6.44. The first-order valence-electron chi connectivity index (χ1n) is 7.98. The van der Waals surface area contributed by atoms with Crippen molar-refractivity contribution in [2.45, 2.75) is 32.6 Å². The van der Waals surface area contributed by atoms with Gasteiger partial charge < -0.3 is 10.2 Å². The maximum Gasteiger partial charge on any atom is 0.273 e. The van der Waals surface area contributed by atoms with Gasteiger partial charge in [0.1, 0.15) is 11.5 Å². The van der Waals surface area contributed by atoms with Gasteiger partial charge in [-0.1, -0.05) is 6.42 Å². The van der Waals surface area contributed by atoms with Gasteiger partial charge in [0, 0.05) is 20.1 Å². The molecule has 2 aliphatic rings. The van der Waals surface area contributed by atoms with Gasteiger partial charge in [-0.15, -0.1) is 0 Å². The second-order valence-corrected chi connectivity index (χ2v) is 6.44. The third kappa shape index (κ3) is 3.01. The van der Waals surface area contributed by atoms with Gasteiger partial charge in [-0.2, -0.15) is 0 Å². The number of nitrogens with one attached hydrogen (secondary N) is 1. The zero-order valence-corrected chi connectivity index (χ0v) is 12.9. The van der Waals surface area contributed by atoms with E-state index in [-0.39, 0.29) is 5.91 Å². The standard InChI is InChI=1S/C16H24N4O/c1-3-17-15-9-18-14(8-19-15)16(21)20(2)10-13-7-11-4-5-12(13)6-11/h8-9,11-13H,3-7,10H2,1-2H3,(H,17,19). The van der Waals surface area contributed by atoms with E-state index < -0.39 is 0 Å².